The first-order chi connectivity index (χ1) is 9.63. The van der Waals surface area contributed by atoms with Gasteiger partial charge in [0, 0.05) is 10.1 Å². The maximum Gasteiger partial charge on any atom is 0.123 e. The van der Waals surface area contributed by atoms with Crippen LogP contribution in [0.3, 0.4) is 0 Å². The first-order valence-corrected chi connectivity index (χ1v) is 7.69. The number of hydrogen-bond donors (Lipinski definition) is 1. The molecule has 2 atom stereocenters. The Balaban J connectivity index is 1.72. The first-order valence-electron chi connectivity index (χ1n) is 6.81. The molecule has 1 aliphatic heterocycles. The zero-order valence-corrected chi connectivity index (χ0v) is 12.2. The van der Waals surface area contributed by atoms with Crippen molar-refractivity contribution in [3.63, 3.8) is 0 Å². The molecule has 2 aromatic rings. The highest BCUT2D eigenvalue weighted by atomic mass is 32.2. The quantitative estimate of drug-likeness (QED) is 0.928. The molecular formula is C17H17FOS. The lowest BCUT2D eigenvalue weighted by Crippen LogP contribution is -2.25. The van der Waals surface area contributed by atoms with Crippen LogP contribution in [0, 0.1) is 12.7 Å². The number of hydrogen-bond acceptors (Lipinski definition) is 2. The smallest absolute Gasteiger partial charge is 0.123 e. The van der Waals surface area contributed by atoms with Crippen LogP contribution in [0.1, 0.15) is 16.7 Å². The lowest BCUT2D eigenvalue weighted by molar-refractivity contribution is 0.172. The van der Waals surface area contributed by atoms with E-state index in [-0.39, 0.29) is 11.1 Å². The summed E-state index contributed by atoms with van der Waals surface area (Å²) in [6.45, 7) is 1.96. The summed E-state index contributed by atoms with van der Waals surface area (Å²) in [5.41, 5.74) is 3.23. The zero-order chi connectivity index (χ0) is 14.1. The van der Waals surface area contributed by atoms with E-state index in [9.17, 15) is 9.50 Å². The summed E-state index contributed by atoms with van der Waals surface area (Å²) in [6.07, 6.45) is 0.943. The Morgan fingerprint density at radius 2 is 2.10 bits per heavy atom. The van der Waals surface area contributed by atoms with Crippen molar-refractivity contribution in [2.24, 2.45) is 0 Å². The third-order valence-corrected chi connectivity index (χ3v) is 5.28. The normalized spacial score (nSPS) is 18.9. The van der Waals surface area contributed by atoms with Crippen LogP contribution < -0.4 is 0 Å². The predicted octanol–water partition coefficient (Wildman–Crippen LogP) is 3.75. The van der Waals surface area contributed by atoms with E-state index < -0.39 is 6.10 Å². The maximum atomic E-state index is 13.3. The largest absolute Gasteiger partial charge is 0.392 e. The SMILES string of the molecule is Cc1ccc(F)cc1CC(O)C1Cc2ccccc2S1. The Kier molecular flexibility index (Phi) is 3.81. The van der Waals surface area contributed by atoms with Crippen LogP contribution in [0.2, 0.25) is 0 Å². The molecule has 1 N–H and O–H groups in total. The van der Waals surface area contributed by atoms with Crippen molar-refractivity contribution in [3.05, 3.63) is 65.0 Å². The lowest BCUT2D eigenvalue weighted by Gasteiger charge is -2.18. The van der Waals surface area contributed by atoms with Crippen molar-refractivity contribution in [2.45, 2.75) is 36.0 Å². The molecule has 0 spiro atoms. The number of aliphatic hydroxyl groups is 1. The molecular weight excluding hydrogens is 271 g/mol. The summed E-state index contributed by atoms with van der Waals surface area (Å²) in [5, 5.41) is 10.6. The van der Waals surface area contributed by atoms with Gasteiger partial charge in [-0.3, -0.25) is 0 Å². The monoisotopic (exact) mass is 288 g/mol. The standard InChI is InChI=1S/C17H17FOS/c1-11-6-7-14(18)8-13(11)9-15(19)17-10-12-4-2-3-5-16(12)20-17/h2-8,15,17,19H,9-10H2,1H3. The molecule has 0 fully saturated rings. The van der Waals surface area contributed by atoms with Gasteiger partial charge < -0.3 is 5.11 Å². The third-order valence-electron chi connectivity index (χ3n) is 3.84. The summed E-state index contributed by atoms with van der Waals surface area (Å²) in [5.74, 6) is -0.236. The lowest BCUT2D eigenvalue weighted by atomic mass is 9.98. The second-order valence-electron chi connectivity index (χ2n) is 5.31. The second-order valence-corrected chi connectivity index (χ2v) is 6.59. The third kappa shape index (κ3) is 2.74. The van der Waals surface area contributed by atoms with Crippen molar-refractivity contribution in [3.8, 4) is 0 Å². The van der Waals surface area contributed by atoms with Crippen LogP contribution >= 0.6 is 11.8 Å². The zero-order valence-electron chi connectivity index (χ0n) is 11.3. The molecule has 0 aliphatic carbocycles. The van der Waals surface area contributed by atoms with Crippen molar-refractivity contribution in [1.82, 2.24) is 0 Å². The minimum Gasteiger partial charge on any atom is -0.392 e. The predicted molar refractivity (Wildman–Crippen MR) is 80.6 cm³/mol. The van der Waals surface area contributed by atoms with E-state index in [2.05, 4.69) is 12.1 Å². The Bertz CT molecular complexity index is 601. The van der Waals surface area contributed by atoms with Crippen LogP contribution in [0.15, 0.2) is 47.4 Å². The van der Waals surface area contributed by atoms with Crippen LogP contribution in [-0.2, 0) is 12.8 Å². The molecule has 3 heteroatoms. The highest BCUT2D eigenvalue weighted by molar-refractivity contribution is 8.00. The molecule has 1 aliphatic rings. The van der Waals surface area contributed by atoms with Crippen molar-refractivity contribution in [1.29, 1.82) is 0 Å². The molecule has 1 nitrogen and oxygen atoms in total. The van der Waals surface area contributed by atoms with Gasteiger partial charge in [0.25, 0.3) is 0 Å². The van der Waals surface area contributed by atoms with E-state index >= 15 is 0 Å². The van der Waals surface area contributed by atoms with Gasteiger partial charge in [-0.25, -0.2) is 4.39 Å². The van der Waals surface area contributed by atoms with Crippen molar-refractivity contribution < 1.29 is 9.50 Å². The molecule has 2 unspecified atom stereocenters. The summed E-state index contributed by atoms with van der Waals surface area (Å²) in [4.78, 5) is 1.26. The number of fused-ring (bicyclic) bond motifs is 1. The molecule has 0 bridgehead atoms. The van der Waals surface area contributed by atoms with Gasteiger partial charge >= 0.3 is 0 Å². The molecule has 0 radical (unpaired) electrons. The van der Waals surface area contributed by atoms with Crippen LogP contribution in [0.5, 0.6) is 0 Å². The molecule has 0 saturated carbocycles. The molecule has 3 rings (SSSR count). The summed E-state index contributed by atoms with van der Waals surface area (Å²) in [7, 11) is 0. The Morgan fingerprint density at radius 1 is 1.30 bits per heavy atom. The fourth-order valence-corrected chi connectivity index (χ4v) is 3.94. The van der Waals surface area contributed by atoms with Crippen LogP contribution in [0.25, 0.3) is 0 Å². The van der Waals surface area contributed by atoms with Gasteiger partial charge in [-0.05, 0) is 54.7 Å². The van der Waals surface area contributed by atoms with E-state index in [4.69, 9.17) is 0 Å². The molecule has 0 saturated heterocycles. The Labute approximate surface area is 122 Å². The molecule has 20 heavy (non-hydrogen) atoms. The highest BCUT2D eigenvalue weighted by Gasteiger charge is 2.28. The summed E-state index contributed by atoms with van der Waals surface area (Å²) < 4.78 is 13.3. The highest BCUT2D eigenvalue weighted by Crippen LogP contribution is 2.39. The molecule has 0 aromatic heterocycles. The average Bonchev–Trinajstić information content (AvgIpc) is 2.87. The Hall–Kier alpha value is -1.32. The number of thioether (sulfide) groups is 1. The fraction of sp³-hybridized carbons (Fsp3) is 0.294. The van der Waals surface area contributed by atoms with Crippen LogP contribution in [0.4, 0.5) is 4.39 Å². The number of halogens is 1. The van der Waals surface area contributed by atoms with E-state index in [0.717, 1.165) is 17.5 Å². The molecule has 1 heterocycles. The van der Waals surface area contributed by atoms with Crippen molar-refractivity contribution in [2.75, 3.05) is 0 Å². The van der Waals surface area contributed by atoms with Gasteiger partial charge in [-0.1, -0.05) is 24.3 Å². The van der Waals surface area contributed by atoms with Gasteiger partial charge in [0.1, 0.15) is 5.82 Å². The first kappa shape index (κ1) is 13.7. The number of rotatable bonds is 3. The maximum absolute atomic E-state index is 13.3. The van der Waals surface area contributed by atoms with Gasteiger partial charge in [-0.2, -0.15) is 0 Å². The minimum atomic E-state index is -0.451. The average molecular weight is 288 g/mol. The van der Waals surface area contributed by atoms with Crippen molar-refractivity contribution >= 4 is 11.8 Å². The molecule has 2 aromatic carbocycles. The van der Waals surface area contributed by atoms with Gasteiger partial charge in [0.2, 0.25) is 0 Å². The van der Waals surface area contributed by atoms with E-state index in [1.807, 2.05) is 19.1 Å². The number of benzene rings is 2. The molecule has 104 valence electrons. The van der Waals surface area contributed by atoms with Gasteiger partial charge in [-0.15, -0.1) is 11.8 Å². The van der Waals surface area contributed by atoms with E-state index in [1.165, 1.54) is 22.6 Å². The van der Waals surface area contributed by atoms with E-state index in [0.29, 0.717) is 6.42 Å². The summed E-state index contributed by atoms with van der Waals surface area (Å²) in [6, 6.07) is 13.0. The summed E-state index contributed by atoms with van der Waals surface area (Å²) >= 11 is 1.73. The molecule has 0 amide bonds. The number of aryl methyl sites for hydroxylation is 1. The number of aliphatic hydroxyl groups excluding tert-OH is 1. The van der Waals surface area contributed by atoms with Crippen LogP contribution in [-0.4, -0.2) is 16.5 Å². The second kappa shape index (κ2) is 5.58. The van der Waals surface area contributed by atoms with E-state index in [1.54, 1.807) is 17.8 Å². The Morgan fingerprint density at radius 3 is 2.90 bits per heavy atom. The van der Waals surface area contributed by atoms with Gasteiger partial charge in [0.05, 0.1) is 6.10 Å². The fourth-order valence-electron chi connectivity index (χ4n) is 2.64. The van der Waals surface area contributed by atoms with Gasteiger partial charge in [0.15, 0.2) is 0 Å². The topological polar surface area (TPSA) is 20.2 Å². The minimum absolute atomic E-state index is 0.162.